The van der Waals surface area contributed by atoms with E-state index in [0.29, 0.717) is 6.42 Å². The van der Waals surface area contributed by atoms with Gasteiger partial charge in [-0.15, -0.1) is 11.3 Å². The van der Waals surface area contributed by atoms with Crippen LogP contribution in [0.4, 0.5) is 0 Å². The molecule has 5 nitrogen and oxygen atoms in total. The van der Waals surface area contributed by atoms with Crippen molar-refractivity contribution < 1.29 is 9.53 Å². The van der Waals surface area contributed by atoms with Crippen molar-refractivity contribution in [2.75, 3.05) is 7.11 Å². The highest BCUT2D eigenvalue weighted by atomic mass is 32.1. The van der Waals surface area contributed by atoms with Crippen molar-refractivity contribution in [1.82, 2.24) is 10.4 Å². The molecule has 0 radical (unpaired) electrons. The molecule has 0 saturated carbocycles. The Balaban J connectivity index is 1.84. The summed E-state index contributed by atoms with van der Waals surface area (Å²) in [5.41, 5.74) is 5.31. The number of carbonyl (C=O) groups is 1. The van der Waals surface area contributed by atoms with Gasteiger partial charge < -0.3 is 4.74 Å². The normalized spacial score (nSPS) is 11.3. The van der Waals surface area contributed by atoms with E-state index in [1.807, 2.05) is 43.5 Å². The standard InChI is InChI=1S/C16H19N3O2S/c1-11(8-13-4-6-15(21-3)7-5-13)18-19-16(20)9-14-10-22-12(2)17-14/h4-7,10H,8-9H2,1-3H3,(H,19,20)/b18-11-. The second kappa shape index (κ2) is 7.70. The highest BCUT2D eigenvalue weighted by Gasteiger charge is 2.05. The third kappa shape index (κ3) is 4.96. The summed E-state index contributed by atoms with van der Waals surface area (Å²) >= 11 is 1.54. The molecule has 0 atom stereocenters. The molecule has 116 valence electrons. The number of carbonyl (C=O) groups excluding carboxylic acids is 1. The number of benzene rings is 1. The molecule has 6 heteroatoms. The molecule has 0 fully saturated rings. The maximum atomic E-state index is 11.8. The minimum absolute atomic E-state index is 0.153. The molecule has 1 aromatic heterocycles. The van der Waals surface area contributed by atoms with E-state index in [9.17, 15) is 4.79 Å². The molecule has 0 aliphatic heterocycles. The fourth-order valence-corrected chi connectivity index (χ4v) is 2.54. The number of hydrogen-bond donors (Lipinski definition) is 1. The molecular formula is C16H19N3O2S. The Labute approximate surface area is 134 Å². The molecule has 0 spiro atoms. The third-order valence-corrected chi connectivity index (χ3v) is 3.82. The molecule has 2 aromatic rings. The fourth-order valence-electron chi connectivity index (χ4n) is 1.93. The summed E-state index contributed by atoms with van der Waals surface area (Å²) in [6.45, 7) is 3.81. The van der Waals surface area contributed by atoms with Crippen LogP contribution in [0.2, 0.25) is 0 Å². The molecule has 2 rings (SSSR count). The lowest BCUT2D eigenvalue weighted by Crippen LogP contribution is -2.21. The van der Waals surface area contributed by atoms with Gasteiger partial charge in [0.05, 0.1) is 24.2 Å². The van der Waals surface area contributed by atoms with E-state index in [1.165, 1.54) is 11.3 Å². The van der Waals surface area contributed by atoms with Crippen LogP contribution in [0, 0.1) is 6.92 Å². The van der Waals surface area contributed by atoms with Gasteiger partial charge in [-0.05, 0) is 31.5 Å². The van der Waals surface area contributed by atoms with E-state index >= 15 is 0 Å². The van der Waals surface area contributed by atoms with Gasteiger partial charge in [0.1, 0.15) is 5.75 Å². The van der Waals surface area contributed by atoms with E-state index in [1.54, 1.807) is 7.11 Å². The Morgan fingerprint density at radius 1 is 1.32 bits per heavy atom. The van der Waals surface area contributed by atoms with Gasteiger partial charge in [-0.3, -0.25) is 4.79 Å². The summed E-state index contributed by atoms with van der Waals surface area (Å²) in [4.78, 5) is 16.1. The number of ether oxygens (including phenoxy) is 1. The first kappa shape index (κ1) is 16.2. The smallest absolute Gasteiger partial charge is 0.246 e. The SMILES string of the molecule is COc1ccc(C/C(C)=N\NC(=O)Cc2csc(C)n2)cc1. The number of aromatic nitrogens is 1. The van der Waals surface area contributed by atoms with E-state index in [0.717, 1.165) is 27.7 Å². The molecule has 1 aromatic carbocycles. The van der Waals surface area contributed by atoms with Crippen molar-refractivity contribution in [3.63, 3.8) is 0 Å². The number of thiazole rings is 1. The van der Waals surface area contributed by atoms with Gasteiger partial charge in [-0.2, -0.15) is 5.10 Å². The first-order valence-corrected chi connectivity index (χ1v) is 7.80. The van der Waals surface area contributed by atoms with Gasteiger partial charge in [0, 0.05) is 17.5 Å². The zero-order valence-electron chi connectivity index (χ0n) is 12.9. The summed E-state index contributed by atoms with van der Waals surface area (Å²) in [7, 11) is 1.64. The minimum atomic E-state index is -0.153. The Morgan fingerprint density at radius 2 is 2.05 bits per heavy atom. The average Bonchev–Trinajstić information content (AvgIpc) is 2.91. The maximum absolute atomic E-state index is 11.8. The van der Waals surface area contributed by atoms with Crippen LogP contribution >= 0.6 is 11.3 Å². The number of hydrazone groups is 1. The zero-order chi connectivity index (χ0) is 15.9. The second-order valence-electron chi connectivity index (χ2n) is 4.94. The highest BCUT2D eigenvalue weighted by molar-refractivity contribution is 7.09. The number of rotatable bonds is 6. The van der Waals surface area contributed by atoms with Crippen molar-refractivity contribution in [3.8, 4) is 5.75 Å². The lowest BCUT2D eigenvalue weighted by atomic mass is 10.1. The minimum Gasteiger partial charge on any atom is -0.497 e. The third-order valence-electron chi connectivity index (χ3n) is 3.00. The van der Waals surface area contributed by atoms with Crippen LogP contribution in [0.15, 0.2) is 34.7 Å². The van der Waals surface area contributed by atoms with E-state index in [-0.39, 0.29) is 12.3 Å². The monoisotopic (exact) mass is 317 g/mol. The zero-order valence-corrected chi connectivity index (χ0v) is 13.7. The van der Waals surface area contributed by atoms with Crippen molar-refractivity contribution in [3.05, 3.63) is 45.9 Å². The van der Waals surface area contributed by atoms with Gasteiger partial charge >= 0.3 is 0 Å². The Bertz CT molecular complexity index is 662. The number of amides is 1. The van der Waals surface area contributed by atoms with Gasteiger partial charge in [0.25, 0.3) is 0 Å². The number of methoxy groups -OCH3 is 1. The summed E-state index contributed by atoms with van der Waals surface area (Å²) in [6, 6.07) is 7.78. The molecule has 1 amide bonds. The second-order valence-corrected chi connectivity index (χ2v) is 6.00. The first-order chi connectivity index (χ1) is 10.6. The molecule has 0 saturated heterocycles. The molecule has 22 heavy (non-hydrogen) atoms. The van der Waals surface area contributed by atoms with E-state index in [2.05, 4.69) is 15.5 Å². The molecular weight excluding hydrogens is 298 g/mol. The number of nitrogens with zero attached hydrogens (tertiary/aromatic N) is 2. The quantitative estimate of drug-likeness (QED) is 0.658. The van der Waals surface area contributed by atoms with Crippen LogP contribution in [0.1, 0.15) is 23.2 Å². The number of nitrogens with one attached hydrogen (secondary N) is 1. The van der Waals surface area contributed by atoms with Crippen molar-refractivity contribution in [2.24, 2.45) is 5.10 Å². The van der Waals surface area contributed by atoms with Crippen molar-refractivity contribution >= 4 is 23.0 Å². The predicted molar refractivity (Wildman–Crippen MR) is 88.5 cm³/mol. The largest absolute Gasteiger partial charge is 0.497 e. The molecule has 1 heterocycles. The van der Waals surface area contributed by atoms with Gasteiger partial charge in [-0.1, -0.05) is 12.1 Å². The molecule has 1 N–H and O–H groups in total. The van der Waals surface area contributed by atoms with Crippen LogP contribution in [-0.2, 0) is 17.6 Å². The Morgan fingerprint density at radius 3 is 2.64 bits per heavy atom. The Kier molecular flexibility index (Phi) is 5.66. The van der Waals surface area contributed by atoms with Crippen LogP contribution in [0.3, 0.4) is 0 Å². The van der Waals surface area contributed by atoms with E-state index in [4.69, 9.17) is 4.74 Å². The number of hydrogen-bond acceptors (Lipinski definition) is 5. The van der Waals surface area contributed by atoms with Crippen molar-refractivity contribution in [1.29, 1.82) is 0 Å². The summed E-state index contributed by atoms with van der Waals surface area (Å²) in [5.74, 6) is 0.671. The van der Waals surface area contributed by atoms with Crippen molar-refractivity contribution in [2.45, 2.75) is 26.7 Å². The van der Waals surface area contributed by atoms with E-state index < -0.39 is 0 Å². The maximum Gasteiger partial charge on any atom is 0.246 e. The lowest BCUT2D eigenvalue weighted by molar-refractivity contribution is -0.120. The summed E-state index contributed by atoms with van der Waals surface area (Å²) in [5, 5.41) is 6.98. The van der Waals surface area contributed by atoms with Crippen LogP contribution in [0.25, 0.3) is 0 Å². The molecule has 0 aliphatic carbocycles. The fraction of sp³-hybridized carbons (Fsp3) is 0.312. The molecule has 0 unspecified atom stereocenters. The van der Waals surface area contributed by atoms with Crippen LogP contribution in [-0.4, -0.2) is 23.7 Å². The van der Waals surface area contributed by atoms with Crippen LogP contribution in [0.5, 0.6) is 5.75 Å². The average molecular weight is 317 g/mol. The predicted octanol–water partition coefficient (Wildman–Crippen LogP) is 2.74. The van der Waals surface area contributed by atoms with Gasteiger partial charge in [0.15, 0.2) is 0 Å². The molecule has 0 bridgehead atoms. The number of aryl methyl sites for hydroxylation is 1. The highest BCUT2D eigenvalue weighted by Crippen LogP contribution is 2.12. The molecule has 0 aliphatic rings. The van der Waals surface area contributed by atoms with Gasteiger partial charge in [0.2, 0.25) is 5.91 Å². The summed E-state index contributed by atoms with van der Waals surface area (Å²) in [6.07, 6.45) is 0.934. The lowest BCUT2D eigenvalue weighted by Gasteiger charge is -2.04. The Hall–Kier alpha value is -2.21. The summed E-state index contributed by atoms with van der Waals surface area (Å²) < 4.78 is 5.12. The van der Waals surface area contributed by atoms with Crippen LogP contribution < -0.4 is 10.2 Å². The van der Waals surface area contributed by atoms with Gasteiger partial charge in [-0.25, -0.2) is 10.4 Å². The topological polar surface area (TPSA) is 63.6 Å². The first-order valence-electron chi connectivity index (χ1n) is 6.93.